The highest BCUT2D eigenvalue weighted by atomic mass is 16.5. The Bertz CT molecular complexity index is 248. The topological polar surface area (TPSA) is 35.2 Å². The lowest BCUT2D eigenvalue weighted by Crippen LogP contribution is -2.36. The fourth-order valence-corrected chi connectivity index (χ4v) is 1.44. The van der Waals surface area contributed by atoms with Crippen molar-refractivity contribution in [3.05, 3.63) is 35.9 Å². The van der Waals surface area contributed by atoms with Crippen molar-refractivity contribution in [3.8, 4) is 0 Å². The molecule has 0 bridgehead atoms. The maximum absolute atomic E-state index is 6.01. The van der Waals surface area contributed by atoms with Crippen LogP contribution in [-0.4, -0.2) is 18.8 Å². The van der Waals surface area contributed by atoms with E-state index in [-0.39, 0.29) is 12.1 Å². The van der Waals surface area contributed by atoms with Gasteiger partial charge in [-0.2, -0.15) is 0 Å². The van der Waals surface area contributed by atoms with E-state index >= 15 is 0 Å². The molecule has 2 unspecified atom stereocenters. The summed E-state index contributed by atoms with van der Waals surface area (Å²) in [5.74, 6) is 0. The largest absolute Gasteiger partial charge is 0.377 e. The molecule has 2 N–H and O–H groups in total. The van der Waals surface area contributed by atoms with Crippen molar-refractivity contribution < 1.29 is 4.74 Å². The van der Waals surface area contributed by atoms with Gasteiger partial charge in [-0.15, -0.1) is 0 Å². The zero-order chi connectivity index (χ0) is 10.4. The van der Waals surface area contributed by atoms with Crippen molar-refractivity contribution in [1.82, 2.24) is 0 Å². The van der Waals surface area contributed by atoms with Crippen molar-refractivity contribution in [2.45, 2.75) is 32.4 Å². The highest BCUT2D eigenvalue weighted by Gasteiger charge is 2.12. The predicted molar refractivity (Wildman–Crippen MR) is 59.2 cm³/mol. The first-order valence-corrected chi connectivity index (χ1v) is 5.15. The van der Waals surface area contributed by atoms with Crippen molar-refractivity contribution in [3.63, 3.8) is 0 Å². The molecule has 0 fully saturated rings. The normalized spacial score (nSPS) is 15.1. The van der Waals surface area contributed by atoms with E-state index in [0.717, 1.165) is 13.0 Å². The van der Waals surface area contributed by atoms with Gasteiger partial charge in [-0.25, -0.2) is 0 Å². The number of benzene rings is 1. The van der Waals surface area contributed by atoms with Crippen LogP contribution in [0.15, 0.2) is 30.3 Å². The molecule has 1 aromatic carbocycles. The Balaban J connectivity index is 2.44. The van der Waals surface area contributed by atoms with Crippen LogP contribution in [0, 0.1) is 0 Å². The Morgan fingerprint density at radius 2 is 1.93 bits per heavy atom. The highest BCUT2D eigenvalue weighted by molar-refractivity contribution is 5.16. The number of ether oxygens (including phenoxy) is 1. The monoisotopic (exact) mass is 193 g/mol. The van der Waals surface area contributed by atoms with Gasteiger partial charge in [-0.3, -0.25) is 0 Å². The van der Waals surface area contributed by atoms with Gasteiger partial charge in [-0.05, 0) is 25.8 Å². The standard InChI is InChI=1S/C12H19NO/c1-3-14-10(2)12(13)9-11-7-5-4-6-8-11/h4-8,10,12H,3,9,13H2,1-2H3. The maximum Gasteiger partial charge on any atom is 0.0700 e. The molecule has 1 aromatic rings. The first-order chi connectivity index (χ1) is 6.74. The fraction of sp³-hybridized carbons (Fsp3) is 0.500. The van der Waals surface area contributed by atoms with Crippen LogP contribution in [0.1, 0.15) is 19.4 Å². The van der Waals surface area contributed by atoms with Crippen LogP contribution in [-0.2, 0) is 11.2 Å². The molecular formula is C12H19NO. The fourth-order valence-electron chi connectivity index (χ4n) is 1.44. The minimum atomic E-state index is 0.0809. The molecule has 0 heterocycles. The lowest BCUT2D eigenvalue weighted by Gasteiger charge is -2.19. The van der Waals surface area contributed by atoms with E-state index in [1.807, 2.05) is 32.0 Å². The molecule has 0 radical (unpaired) electrons. The third-order valence-electron chi connectivity index (χ3n) is 2.35. The second-order valence-electron chi connectivity index (χ2n) is 3.51. The van der Waals surface area contributed by atoms with E-state index in [0.29, 0.717) is 0 Å². The second-order valence-corrected chi connectivity index (χ2v) is 3.51. The van der Waals surface area contributed by atoms with Crippen LogP contribution in [0.25, 0.3) is 0 Å². The minimum absolute atomic E-state index is 0.0809. The number of rotatable bonds is 5. The summed E-state index contributed by atoms with van der Waals surface area (Å²) < 4.78 is 5.45. The molecule has 1 rings (SSSR count). The molecule has 78 valence electrons. The smallest absolute Gasteiger partial charge is 0.0700 e. The van der Waals surface area contributed by atoms with Gasteiger partial charge in [0.25, 0.3) is 0 Å². The van der Waals surface area contributed by atoms with Crippen LogP contribution in [0.5, 0.6) is 0 Å². The van der Waals surface area contributed by atoms with Gasteiger partial charge < -0.3 is 10.5 Å². The Labute approximate surface area is 86.1 Å². The summed E-state index contributed by atoms with van der Waals surface area (Å²) in [6.07, 6.45) is 1.00. The van der Waals surface area contributed by atoms with Gasteiger partial charge >= 0.3 is 0 Å². The van der Waals surface area contributed by atoms with Crippen molar-refractivity contribution >= 4 is 0 Å². The number of hydrogen-bond acceptors (Lipinski definition) is 2. The van der Waals surface area contributed by atoms with Gasteiger partial charge in [-0.1, -0.05) is 30.3 Å². The van der Waals surface area contributed by atoms with Gasteiger partial charge in [0.2, 0.25) is 0 Å². The van der Waals surface area contributed by atoms with E-state index in [9.17, 15) is 0 Å². The second kappa shape index (κ2) is 5.78. The summed E-state index contributed by atoms with van der Waals surface area (Å²) in [7, 11) is 0. The molecule has 0 amide bonds. The zero-order valence-electron chi connectivity index (χ0n) is 8.94. The zero-order valence-corrected chi connectivity index (χ0v) is 8.94. The molecule has 0 aromatic heterocycles. The summed E-state index contributed by atoms with van der Waals surface area (Å²) >= 11 is 0. The van der Waals surface area contributed by atoms with Gasteiger partial charge in [0.15, 0.2) is 0 Å². The molecule has 0 aliphatic heterocycles. The summed E-state index contributed by atoms with van der Waals surface area (Å²) in [4.78, 5) is 0. The number of hydrogen-bond donors (Lipinski definition) is 1. The van der Waals surface area contributed by atoms with Gasteiger partial charge in [0.1, 0.15) is 0 Å². The Morgan fingerprint density at radius 3 is 2.50 bits per heavy atom. The van der Waals surface area contributed by atoms with Crippen LogP contribution in [0.2, 0.25) is 0 Å². The molecule has 2 nitrogen and oxygen atoms in total. The Morgan fingerprint density at radius 1 is 1.29 bits per heavy atom. The average molecular weight is 193 g/mol. The maximum atomic E-state index is 6.01. The molecule has 2 heteroatoms. The molecule has 0 spiro atoms. The molecule has 0 saturated carbocycles. The Hall–Kier alpha value is -0.860. The first-order valence-electron chi connectivity index (χ1n) is 5.15. The molecule has 14 heavy (non-hydrogen) atoms. The van der Waals surface area contributed by atoms with Crippen molar-refractivity contribution in [2.75, 3.05) is 6.61 Å². The Kier molecular flexibility index (Phi) is 4.63. The van der Waals surface area contributed by atoms with Crippen LogP contribution in [0.4, 0.5) is 0 Å². The van der Waals surface area contributed by atoms with Crippen LogP contribution >= 0.6 is 0 Å². The first kappa shape index (κ1) is 11.2. The third-order valence-corrected chi connectivity index (χ3v) is 2.35. The minimum Gasteiger partial charge on any atom is -0.377 e. The highest BCUT2D eigenvalue weighted by Crippen LogP contribution is 2.06. The summed E-state index contributed by atoms with van der Waals surface area (Å²) in [5, 5.41) is 0. The SMILES string of the molecule is CCOC(C)C(N)Cc1ccccc1. The van der Waals surface area contributed by atoms with Gasteiger partial charge in [0.05, 0.1) is 6.10 Å². The van der Waals surface area contributed by atoms with Crippen LogP contribution < -0.4 is 5.73 Å². The molecular weight excluding hydrogens is 174 g/mol. The molecule has 0 saturated heterocycles. The van der Waals surface area contributed by atoms with E-state index in [1.54, 1.807) is 0 Å². The summed E-state index contributed by atoms with van der Waals surface area (Å²) in [6, 6.07) is 10.4. The molecule has 2 atom stereocenters. The van der Waals surface area contributed by atoms with E-state index < -0.39 is 0 Å². The lowest BCUT2D eigenvalue weighted by atomic mass is 10.0. The van der Waals surface area contributed by atoms with E-state index in [4.69, 9.17) is 10.5 Å². The lowest BCUT2D eigenvalue weighted by molar-refractivity contribution is 0.0577. The molecule has 0 aliphatic rings. The quantitative estimate of drug-likeness (QED) is 0.776. The van der Waals surface area contributed by atoms with Crippen molar-refractivity contribution in [1.29, 1.82) is 0 Å². The van der Waals surface area contributed by atoms with Crippen molar-refractivity contribution in [2.24, 2.45) is 5.73 Å². The molecule has 0 aliphatic carbocycles. The van der Waals surface area contributed by atoms with E-state index in [2.05, 4.69) is 12.1 Å². The van der Waals surface area contributed by atoms with E-state index in [1.165, 1.54) is 5.56 Å². The van der Waals surface area contributed by atoms with Gasteiger partial charge in [0, 0.05) is 12.6 Å². The van der Waals surface area contributed by atoms with Crippen LogP contribution in [0.3, 0.4) is 0 Å². The number of nitrogens with two attached hydrogens (primary N) is 1. The third kappa shape index (κ3) is 3.48. The average Bonchev–Trinajstić information content (AvgIpc) is 2.19. The predicted octanol–water partition coefficient (Wildman–Crippen LogP) is 1.98. The summed E-state index contributed by atoms with van der Waals surface area (Å²) in [6.45, 7) is 4.74. The summed E-state index contributed by atoms with van der Waals surface area (Å²) in [5.41, 5.74) is 7.28.